The molecule has 0 radical (unpaired) electrons. The number of ether oxygens (including phenoxy) is 1. The Morgan fingerprint density at radius 1 is 1.21 bits per heavy atom. The molecule has 8 nitrogen and oxygen atoms in total. The zero-order valence-electron chi connectivity index (χ0n) is 17.5. The summed E-state index contributed by atoms with van der Waals surface area (Å²) in [6, 6.07) is 12.6. The monoisotopic (exact) mass is 446 g/mol. The normalized spacial score (nSPS) is 14.2. The van der Waals surface area contributed by atoms with Crippen molar-refractivity contribution in [1.29, 1.82) is 0 Å². The van der Waals surface area contributed by atoms with Gasteiger partial charge in [0.15, 0.2) is 0 Å². The van der Waals surface area contributed by atoms with Crippen LogP contribution in [-0.4, -0.2) is 40.3 Å². The molecule has 2 aromatic heterocycles. The molecule has 3 N–H and O–H groups in total. The lowest BCUT2D eigenvalue weighted by molar-refractivity contribution is -0.139. The van der Waals surface area contributed by atoms with Gasteiger partial charge in [-0.3, -0.25) is 9.59 Å². The van der Waals surface area contributed by atoms with Gasteiger partial charge in [-0.15, -0.1) is 0 Å². The first-order valence-electron chi connectivity index (χ1n) is 10.2. The van der Waals surface area contributed by atoms with Gasteiger partial charge in [0.1, 0.15) is 18.1 Å². The van der Waals surface area contributed by atoms with Crippen molar-refractivity contribution in [2.75, 3.05) is 19.0 Å². The second-order valence-electron chi connectivity index (χ2n) is 7.59. The molecule has 0 saturated heterocycles. The van der Waals surface area contributed by atoms with Gasteiger partial charge in [-0.1, -0.05) is 24.3 Å². The van der Waals surface area contributed by atoms with Gasteiger partial charge >= 0.3 is 5.97 Å². The average molecular weight is 446 g/mol. The van der Waals surface area contributed by atoms with Crippen molar-refractivity contribution in [2.45, 2.75) is 6.04 Å². The molecule has 5 rings (SSSR count). The van der Waals surface area contributed by atoms with E-state index in [0.29, 0.717) is 27.9 Å². The minimum atomic E-state index is -0.604. The van der Waals surface area contributed by atoms with E-state index in [4.69, 9.17) is 0 Å². The molecule has 4 aromatic rings. The number of nitrogens with one attached hydrogen (secondary N) is 2. The Labute approximate surface area is 187 Å². The molecule has 0 aliphatic carbocycles. The highest BCUT2D eigenvalue weighted by Crippen LogP contribution is 2.44. The van der Waals surface area contributed by atoms with Crippen LogP contribution in [-0.2, 0) is 9.53 Å². The molecule has 1 unspecified atom stereocenters. The van der Waals surface area contributed by atoms with Crippen LogP contribution in [0.3, 0.4) is 0 Å². The number of methoxy groups -OCH3 is 1. The van der Waals surface area contributed by atoms with Gasteiger partial charge in [0, 0.05) is 40.2 Å². The summed E-state index contributed by atoms with van der Waals surface area (Å²) in [5.41, 5.74) is 3.99. The van der Waals surface area contributed by atoms with Crippen molar-refractivity contribution in [3.63, 3.8) is 0 Å². The van der Waals surface area contributed by atoms with Gasteiger partial charge < -0.3 is 20.5 Å². The largest absolute Gasteiger partial charge is 0.508 e. The number of hydrogen-bond acceptors (Lipinski definition) is 6. The van der Waals surface area contributed by atoms with Gasteiger partial charge in [-0.05, 0) is 18.2 Å². The highest BCUT2D eigenvalue weighted by molar-refractivity contribution is 6.08. The maximum Gasteiger partial charge on any atom is 0.325 e. The third-order valence-corrected chi connectivity index (χ3v) is 5.68. The van der Waals surface area contributed by atoms with Gasteiger partial charge in [-0.2, -0.15) is 5.10 Å². The number of rotatable bonds is 4. The second kappa shape index (κ2) is 7.94. The van der Waals surface area contributed by atoms with E-state index in [1.807, 2.05) is 30.3 Å². The summed E-state index contributed by atoms with van der Waals surface area (Å²) >= 11 is 0. The number of phenolic OH excluding ortho intramolecular Hbond substituents is 1. The molecule has 1 aliphatic heterocycles. The smallest absolute Gasteiger partial charge is 0.325 e. The minimum absolute atomic E-state index is 0.168. The van der Waals surface area contributed by atoms with Crippen molar-refractivity contribution in [3.05, 3.63) is 83.4 Å². The number of anilines is 1. The molecule has 1 aliphatic rings. The molecule has 0 fully saturated rings. The fraction of sp³-hybridized carbons (Fsp3) is 0.125. The number of aromatic hydroxyl groups is 1. The number of carbonyl (C=O) groups excluding carboxylic acids is 2. The molecular formula is C24H19FN4O4. The Morgan fingerprint density at radius 2 is 2.03 bits per heavy atom. The third kappa shape index (κ3) is 3.43. The van der Waals surface area contributed by atoms with E-state index in [-0.39, 0.29) is 17.9 Å². The van der Waals surface area contributed by atoms with Crippen LogP contribution in [0.15, 0.2) is 60.9 Å². The Hall–Kier alpha value is -4.40. The van der Waals surface area contributed by atoms with Gasteiger partial charge in [0.25, 0.3) is 5.91 Å². The molecule has 166 valence electrons. The van der Waals surface area contributed by atoms with Crippen LogP contribution in [0, 0.1) is 5.82 Å². The quantitative estimate of drug-likeness (QED) is 0.416. The molecule has 0 bridgehead atoms. The first-order chi connectivity index (χ1) is 16.0. The minimum Gasteiger partial charge on any atom is -0.508 e. The summed E-state index contributed by atoms with van der Waals surface area (Å²) in [7, 11) is 1.24. The van der Waals surface area contributed by atoms with Gasteiger partial charge in [-0.25, -0.2) is 8.91 Å². The standard InChI is InChI=1S/C24H19FN4O4/c1-33-20(31)12-26-24(32)17-11-27-29-9-8-16-22(14-7-6-13(30)10-18(14)25)28-19-5-3-2-4-15(19)21(17)23(16)29/h2-11,22,28,30H,12H2,1H3,(H,26,32). The SMILES string of the molecule is COC(=O)CNC(=O)c1cnn2ccc3c2c1-c1ccccc1NC3c1ccc(O)cc1F. The van der Waals surface area contributed by atoms with Crippen molar-refractivity contribution in [1.82, 2.24) is 14.9 Å². The van der Waals surface area contributed by atoms with E-state index < -0.39 is 23.7 Å². The topological polar surface area (TPSA) is 105 Å². The van der Waals surface area contributed by atoms with E-state index in [1.165, 1.54) is 25.4 Å². The maximum absolute atomic E-state index is 14.9. The Balaban J connectivity index is 1.74. The van der Waals surface area contributed by atoms with Crippen molar-refractivity contribution in [2.24, 2.45) is 0 Å². The predicted molar refractivity (Wildman–Crippen MR) is 119 cm³/mol. The fourth-order valence-corrected chi connectivity index (χ4v) is 4.16. The van der Waals surface area contributed by atoms with E-state index in [0.717, 1.165) is 11.6 Å². The summed E-state index contributed by atoms with van der Waals surface area (Å²) < 4.78 is 21.1. The molecule has 1 atom stereocenters. The number of benzene rings is 2. The summed E-state index contributed by atoms with van der Waals surface area (Å²) in [5, 5.41) is 20.0. The van der Waals surface area contributed by atoms with E-state index in [9.17, 15) is 19.1 Å². The molecule has 1 amide bonds. The molecule has 9 heteroatoms. The number of nitrogens with zero attached hydrogens (tertiary/aromatic N) is 2. The number of esters is 1. The zero-order chi connectivity index (χ0) is 23.1. The molecule has 0 saturated carbocycles. The average Bonchev–Trinajstić information content (AvgIpc) is 3.18. The molecular weight excluding hydrogens is 427 g/mol. The molecule has 3 heterocycles. The van der Waals surface area contributed by atoms with Crippen molar-refractivity contribution < 1.29 is 23.8 Å². The van der Waals surface area contributed by atoms with Crippen LogP contribution in [0.2, 0.25) is 0 Å². The summed E-state index contributed by atoms with van der Waals surface area (Å²) in [6.45, 7) is -0.283. The third-order valence-electron chi connectivity index (χ3n) is 5.68. The van der Waals surface area contributed by atoms with Crippen LogP contribution in [0.1, 0.15) is 27.5 Å². The summed E-state index contributed by atoms with van der Waals surface area (Å²) in [5.74, 6) is -1.79. The maximum atomic E-state index is 14.9. The fourth-order valence-electron chi connectivity index (χ4n) is 4.16. The lowest BCUT2D eigenvalue weighted by Gasteiger charge is -2.20. The summed E-state index contributed by atoms with van der Waals surface area (Å²) in [6.07, 6.45) is 3.18. The lowest BCUT2D eigenvalue weighted by atomic mass is 9.96. The number of fused-ring (bicyclic) bond motifs is 2. The van der Waals surface area contributed by atoms with Crippen molar-refractivity contribution >= 4 is 23.1 Å². The highest BCUT2D eigenvalue weighted by Gasteiger charge is 2.30. The first-order valence-corrected chi connectivity index (χ1v) is 10.2. The van der Waals surface area contributed by atoms with Crippen LogP contribution in [0.25, 0.3) is 16.6 Å². The van der Waals surface area contributed by atoms with Gasteiger partial charge in [0.2, 0.25) is 0 Å². The number of carbonyl (C=O) groups is 2. The first kappa shape index (κ1) is 20.5. The van der Waals surface area contributed by atoms with E-state index in [1.54, 1.807) is 10.7 Å². The number of para-hydroxylation sites is 1. The number of amides is 1. The van der Waals surface area contributed by atoms with Crippen molar-refractivity contribution in [3.8, 4) is 16.9 Å². The Morgan fingerprint density at radius 3 is 2.82 bits per heavy atom. The Bertz CT molecular complexity index is 1420. The molecule has 33 heavy (non-hydrogen) atoms. The van der Waals surface area contributed by atoms with Crippen LogP contribution >= 0.6 is 0 Å². The van der Waals surface area contributed by atoms with Crippen LogP contribution in [0.5, 0.6) is 5.75 Å². The van der Waals surface area contributed by atoms with Crippen LogP contribution in [0.4, 0.5) is 10.1 Å². The van der Waals surface area contributed by atoms with E-state index >= 15 is 0 Å². The highest BCUT2D eigenvalue weighted by atomic mass is 19.1. The molecule has 2 aromatic carbocycles. The summed E-state index contributed by atoms with van der Waals surface area (Å²) in [4.78, 5) is 24.6. The van der Waals surface area contributed by atoms with Gasteiger partial charge in [0.05, 0.1) is 30.4 Å². The molecule has 0 spiro atoms. The zero-order valence-corrected chi connectivity index (χ0v) is 17.5. The van der Waals surface area contributed by atoms with Crippen LogP contribution < -0.4 is 10.6 Å². The number of phenols is 1. The number of halogens is 1. The lowest BCUT2D eigenvalue weighted by Crippen LogP contribution is -2.30. The number of aromatic nitrogens is 2. The number of hydrogen-bond donors (Lipinski definition) is 3. The predicted octanol–water partition coefficient (Wildman–Crippen LogP) is 3.26. The Kier molecular flexibility index (Phi) is 4.93. The van der Waals surface area contributed by atoms with E-state index in [2.05, 4.69) is 20.5 Å². The second-order valence-corrected chi connectivity index (χ2v) is 7.59.